The summed E-state index contributed by atoms with van der Waals surface area (Å²) in [7, 11) is 5.37. The molecular formula is C32H35N7O4S. The van der Waals surface area contributed by atoms with Gasteiger partial charge in [0.15, 0.2) is 16.6 Å². The summed E-state index contributed by atoms with van der Waals surface area (Å²) in [5.41, 5.74) is 2.73. The van der Waals surface area contributed by atoms with Gasteiger partial charge in [-0.15, -0.1) is 0 Å². The first-order valence-electron chi connectivity index (χ1n) is 14.5. The minimum atomic E-state index is -0.217. The Bertz CT molecular complexity index is 1770. The van der Waals surface area contributed by atoms with Crippen molar-refractivity contribution in [2.45, 2.75) is 6.42 Å². The Kier molecular flexibility index (Phi) is 9.01. The predicted octanol–water partition coefficient (Wildman–Crippen LogP) is 5.27. The first-order valence-corrected chi connectivity index (χ1v) is 15.3. The van der Waals surface area contributed by atoms with Gasteiger partial charge in [-0.05, 0) is 55.9 Å². The van der Waals surface area contributed by atoms with Crippen LogP contribution in [0.1, 0.15) is 16.8 Å². The topological polar surface area (TPSA) is 114 Å². The minimum Gasteiger partial charge on any atom is -0.497 e. The summed E-state index contributed by atoms with van der Waals surface area (Å²) in [5, 5.41) is 7.76. The Morgan fingerprint density at radius 1 is 0.955 bits per heavy atom. The van der Waals surface area contributed by atoms with E-state index in [1.54, 1.807) is 38.5 Å². The van der Waals surface area contributed by atoms with Gasteiger partial charge in [-0.25, -0.2) is 15.0 Å². The molecule has 0 spiro atoms. The first-order chi connectivity index (χ1) is 21.5. The van der Waals surface area contributed by atoms with Crippen molar-refractivity contribution >= 4 is 55.0 Å². The van der Waals surface area contributed by atoms with Crippen LogP contribution >= 0.6 is 11.3 Å². The third kappa shape index (κ3) is 6.83. The Hall–Kier alpha value is -4.52. The number of anilines is 3. The SMILES string of the molecule is COc1cccc(C(=O)Nc2ccc3nc(Nc4ncnc5cc(OCCCN6CCN(C)CC6)c(OC)cc45)sc3c2)c1. The zero-order valence-electron chi connectivity index (χ0n) is 25.0. The van der Waals surface area contributed by atoms with Crippen LogP contribution in [0.4, 0.5) is 16.6 Å². The zero-order valence-corrected chi connectivity index (χ0v) is 25.8. The highest BCUT2D eigenvalue weighted by Gasteiger charge is 2.16. The average Bonchev–Trinajstić information content (AvgIpc) is 3.45. The molecule has 44 heavy (non-hydrogen) atoms. The summed E-state index contributed by atoms with van der Waals surface area (Å²) in [4.78, 5) is 31.3. The predicted molar refractivity (Wildman–Crippen MR) is 174 cm³/mol. The maximum atomic E-state index is 12.8. The molecule has 228 valence electrons. The summed E-state index contributed by atoms with van der Waals surface area (Å²) >= 11 is 1.47. The van der Waals surface area contributed by atoms with Gasteiger partial charge in [0.1, 0.15) is 17.9 Å². The lowest BCUT2D eigenvalue weighted by atomic mass is 10.2. The molecule has 1 fully saturated rings. The number of thiazole rings is 1. The molecule has 2 N–H and O–H groups in total. The number of benzene rings is 3. The average molecular weight is 614 g/mol. The van der Waals surface area contributed by atoms with Crippen molar-refractivity contribution in [1.29, 1.82) is 0 Å². The highest BCUT2D eigenvalue weighted by atomic mass is 32.1. The minimum absolute atomic E-state index is 0.217. The van der Waals surface area contributed by atoms with Gasteiger partial charge in [0.25, 0.3) is 5.91 Å². The molecule has 1 amide bonds. The van der Waals surface area contributed by atoms with Crippen LogP contribution in [-0.4, -0.2) is 91.3 Å². The number of hydrogen-bond donors (Lipinski definition) is 2. The van der Waals surface area contributed by atoms with Crippen LogP contribution in [0.2, 0.25) is 0 Å². The molecule has 11 nitrogen and oxygen atoms in total. The van der Waals surface area contributed by atoms with Crippen molar-refractivity contribution in [3.63, 3.8) is 0 Å². The van der Waals surface area contributed by atoms with Crippen LogP contribution in [0.5, 0.6) is 17.2 Å². The number of carbonyl (C=O) groups excluding carboxylic acids is 1. The molecule has 6 rings (SSSR count). The zero-order chi connectivity index (χ0) is 30.5. The van der Waals surface area contributed by atoms with E-state index >= 15 is 0 Å². The molecule has 5 aromatic rings. The number of hydrogen-bond acceptors (Lipinski definition) is 11. The van der Waals surface area contributed by atoms with E-state index < -0.39 is 0 Å². The molecule has 2 aromatic heterocycles. The normalized spacial score (nSPS) is 14.1. The number of piperazine rings is 1. The van der Waals surface area contributed by atoms with Gasteiger partial charge in [0, 0.05) is 55.4 Å². The first kappa shape index (κ1) is 29.5. The standard InChI is InChI=1S/C32H35N7O4S/c1-38-11-13-39(14-12-38)10-5-15-43-28-19-26-24(18-27(28)42-3)30(34-20-33-26)37-32-36-25-9-8-22(17-29(25)44-32)35-31(40)21-6-4-7-23(16-21)41-2/h4,6-9,16-20H,5,10-15H2,1-3H3,(H,35,40)(H,33,34,36,37). The third-order valence-corrected chi connectivity index (χ3v) is 8.53. The van der Waals surface area contributed by atoms with Crippen LogP contribution in [0.15, 0.2) is 60.9 Å². The Balaban J connectivity index is 1.14. The molecule has 0 bridgehead atoms. The van der Waals surface area contributed by atoms with E-state index in [1.165, 1.54) is 17.7 Å². The van der Waals surface area contributed by atoms with E-state index in [1.807, 2.05) is 30.3 Å². The van der Waals surface area contributed by atoms with Gasteiger partial charge in [0.2, 0.25) is 0 Å². The number of nitrogens with zero attached hydrogens (tertiary/aromatic N) is 5. The van der Waals surface area contributed by atoms with Crippen LogP contribution in [-0.2, 0) is 0 Å². The van der Waals surface area contributed by atoms with Gasteiger partial charge in [0.05, 0.1) is 36.6 Å². The number of likely N-dealkylation sites (N-methyl/N-ethyl adjacent to an activating group) is 1. The van der Waals surface area contributed by atoms with Gasteiger partial charge in [-0.2, -0.15) is 0 Å². The number of ether oxygens (including phenoxy) is 3. The Labute approximate surface area is 259 Å². The van der Waals surface area contributed by atoms with E-state index in [-0.39, 0.29) is 5.91 Å². The van der Waals surface area contributed by atoms with Gasteiger partial charge < -0.3 is 34.6 Å². The van der Waals surface area contributed by atoms with Gasteiger partial charge in [-0.3, -0.25) is 4.79 Å². The molecule has 0 radical (unpaired) electrons. The molecular weight excluding hydrogens is 578 g/mol. The largest absolute Gasteiger partial charge is 0.497 e. The second-order valence-corrected chi connectivity index (χ2v) is 11.6. The van der Waals surface area contributed by atoms with Crippen molar-refractivity contribution in [2.75, 3.05) is 71.2 Å². The lowest BCUT2D eigenvalue weighted by molar-refractivity contribution is 0.102. The van der Waals surface area contributed by atoms with Crippen LogP contribution in [0.25, 0.3) is 21.1 Å². The molecule has 0 unspecified atom stereocenters. The van der Waals surface area contributed by atoms with Crippen molar-refractivity contribution in [3.05, 3.63) is 66.5 Å². The van der Waals surface area contributed by atoms with Crippen molar-refractivity contribution < 1.29 is 19.0 Å². The molecule has 1 aliphatic heterocycles. The molecule has 3 heterocycles. The van der Waals surface area contributed by atoms with Crippen LogP contribution < -0.4 is 24.8 Å². The van der Waals surface area contributed by atoms with Gasteiger partial charge >= 0.3 is 0 Å². The third-order valence-electron chi connectivity index (χ3n) is 7.60. The lowest BCUT2D eigenvalue weighted by Crippen LogP contribution is -2.44. The maximum Gasteiger partial charge on any atom is 0.255 e. The van der Waals surface area contributed by atoms with Crippen LogP contribution in [0.3, 0.4) is 0 Å². The van der Waals surface area contributed by atoms with E-state index in [0.717, 1.165) is 60.3 Å². The molecule has 0 aliphatic carbocycles. The second-order valence-electron chi connectivity index (χ2n) is 10.6. The number of amides is 1. The number of fused-ring (bicyclic) bond motifs is 2. The van der Waals surface area contributed by atoms with Crippen LogP contribution in [0, 0.1) is 0 Å². The number of aromatic nitrogens is 3. The Morgan fingerprint density at radius 2 is 1.82 bits per heavy atom. The number of carbonyl (C=O) groups is 1. The van der Waals surface area contributed by atoms with E-state index in [2.05, 4.69) is 37.4 Å². The van der Waals surface area contributed by atoms with Crippen molar-refractivity contribution in [3.8, 4) is 17.2 Å². The Morgan fingerprint density at radius 3 is 2.64 bits per heavy atom. The fourth-order valence-electron chi connectivity index (χ4n) is 5.10. The molecule has 1 aliphatic rings. The second kappa shape index (κ2) is 13.4. The summed E-state index contributed by atoms with van der Waals surface area (Å²) < 4.78 is 18.0. The van der Waals surface area contributed by atoms with E-state index in [0.29, 0.717) is 46.1 Å². The molecule has 0 saturated carbocycles. The molecule has 1 saturated heterocycles. The summed E-state index contributed by atoms with van der Waals surface area (Å²) in [5.74, 6) is 2.30. The fourth-order valence-corrected chi connectivity index (χ4v) is 6.01. The van der Waals surface area contributed by atoms with E-state index in [9.17, 15) is 4.79 Å². The van der Waals surface area contributed by atoms with Crippen molar-refractivity contribution in [1.82, 2.24) is 24.8 Å². The molecule has 3 aromatic carbocycles. The maximum absolute atomic E-state index is 12.8. The quantitative estimate of drug-likeness (QED) is 0.191. The number of methoxy groups -OCH3 is 2. The summed E-state index contributed by atoms with van der Waals surface area (Å²) in [6.07, 6.45) is 2.46. The highest BCUT2D eigenvalue weighted by molar-refractivity contribution is 7.22. The van der Waals surface area contributed by atoms with Crippen molar-refractivity contribution in [2.24, 2.45) is 0 Å². The smallest absolute Gasteiger partial charge is 0.255 e. The molecule has 0 atom stereocenters. The molecule has 12 heteroatoms. The highest BCUT2D eigenvalue weighted by Crippen LogP contribution is 2.36. The summed E-state index contributed by atoms with van der Waals surface area (Å²) in [6.45, 7) is 6.02. The van der Waals surface area contributed by atoms with E-state index in [4.69, 9.17) is 19.2 Å². The van der Waals surface area contributed by atoms with Gasteiger partial charge in [-0.1, -0.05) is 17.4 Å². The summed E-state index contributed by atoms with van der Waals surface area (Å²) in [6, 6.07) is 16.5. The number of nitrogens with one attached hydrogen (secondary N) is 2. The lowest BCUT2D eigenvalue weighted by Gasteiger charge is -2.32. The monoisotopic (exact) mass is 613 g/mol. The number of rotatable bonds is 11. The fraction of sp³-hybridized carbons (Fsp3) is 0.312.